The SMILES string of the molecule is Cc1cc(/C(C=N)=C/NC2CCCCC2)ccc1C(=N)/C=C\C(=N)CC1CC(C)(C)NC(C)(C)C1. The van der Waals surface area contributed by atoms with Gasteiger partial charge in [0.2, 0.25) is 0 Å². The second-order valence-electron chi connectivity index (χ2n) is 11.9. The van der Waals surface area contributed by atoms with Crippen molar-refractivity contribution in [3.8, 4) is 0 Å². The van der Waals surface area contributed by atoms with Crippen molar-refractivity contribution in [2.24, 2.45) is 5.92 Å². The number of hydrogen-bond donors (Lipinski definition) is 5. The Kier molecular flexibility index (Phi) is 8.87. The summed E-state index contributed by atoms with van der Waals surface area (Å²) in [6.07, 6.45) is 16.1. The number of hydrogen-bond acceptors (Lipinski definition) is 5. The first kappa shape index (κ1) is 27.1. The number of allylic oxidation sites excluding steroid dienone is 3. The van der Waals surface area contributed by atoms with Gasteiger partial charge in [0.05, 0.1) is 5.71 Å². The monoisotopic (exact) mass is 475 g/mol. The molecular formula is C30H45N5. The molecule has 35 heavy (non-hydrogen) atoms. The van der Waals surface area contributed by atoms with Crippen LogP contribution in [-0.2, 0) is 0 Å². The van der Waals surface area contributed by atoms with Crippen molar-refractivity contribution in [1.29, 1.82) is 16.2 Å². The second kappa shape index (κ2) is 11.5. The standard InChI is InChI=1S/C30H45N5/c1-21-15-23(24(19-31)20-34-26-9-7-6-8-10-26)11-13-27(21)28(33)14-12-25(32)16-22-17-29(2,3)35-30(4,5)18-22/h11-15,19-20,22,26,31-35H,6-10,16-18H2,1-5H3/b14-12-,24-20+,31-19?,32-25?,33-28?. The van der Waals surface area contributed by atoms with Crippen LogP contribution in [0, 0.1) is 29.1 Å². The van der Waals surface area contributed by atoms with E-state index in [1.807, 2.05) is 25.3 Å². The van der Waals surface area contributed by atoms with Crippen molar-refractivity contribution in [1.82, 2.24) is 10.6 Å². The summed E-state index contributed by atoms with van der Waals surface area (Å²) in [6, 6.07) is 6.53. The van der Waals surface area contributed by atoms with E-state index in [1.165, 1.54) is 38.3 Å². The largest absolute Gasteiger partial charge is 0.388 e. The van der Waals surface area contributed by atoms with Crippen LogP contribution >= 0.6 is 0 Å². The van der Waals surface area contributed by atoms with Gasteiger partial charge in [0.15, 0.2) is 0 Å². The van der Waals surface area contributed by atoms with Crippen molar-refractivity contribution in [3.63, 3.8) is 0 Å². The van der Waals surface area contributed by atoms with E-state index in [0.717, 1.165) is 41.5 Å². The molecule has 0 radical (unpaired) electrons. The molecule has 1 aliphatic carbocycles. The molecule has 1 heterocycles. The number of benzene rings is 1. The summed E-state index contributed by atoms with van der Waals surface area (Å²) < 4.78 is 0. The van der Waals surface area contributed by atoms with Gasteiger partial charge in [0.25, 0.3) is 0 Å². The first-order valence-electron chi connectivity index (χ1n) is 13.2. The van der Waals surface area contributed by atoms with E-state index in [0.29, 0.717) is 23.4 Å². The van der Waals surface area contributed by atoms with Crippen LogP contribution in [0.5, 0.6) is 0 Å². The molecule has 1 aliphatic heterocycles. The number of aryl methyl sites for hydroxylation is 1. The molecule has 0 unspecified atom stereocenters. The van der Waals surface area contributed by atoms with E-state index in [2.05, 4.69) is 44.4 Å². The summed E-state index contributed by atoms with van der Waals surface area (Å²) in [4.78, 5) is 0. The molecule has 0 atom stereocenters. The molecule has 0 bridgehead atoms. The zero-order valence-electron chi connectivity index (χ0n) is 22.4. The highest BCUT2D eigenvalue weighted by atomic mass is 15.0. The third kappa shape index (κ3) is 7.99. The Labute approximate surface area is 212 Å². The Hall–Kier alpha value is -2.53. The highest BCUT2D eigenvalue weighted by Crippen LogP contribution is 2.34. The second-order valence-corrected chi connectivity index (χ2v) is 11.9. The molecule has 2 fully saturated rings. The van der Waals surface area contributed by atoms with Gasteiger partial charge in [-0.05, 0) is 95.9 Å². The van der Waals surface area contributed by atoms with Crippen molar-refractivity contribution in [2.75, 3.05) is 0 Å². The Bertz CT molecular complexity index is 976. The molecule has 5 heteroatoms. The number of piperidine rings is 1. The van der Waals surface area contributed by atoms with Crippen molar-refractivity contribution in [2.45, 2.75) is 103 Å². The Balaban J connectivity index is 1.62. The van der Waals surface area contributed by atoms with Crippen LogP contribution in [0.2, 0.25) is 0 Å². The number of rotatable bonds is 9. The molecule has 0 aromatic heterocycles. The average Bonchev–Trinajstić information content (AvgIpc) is 2.76. The molecule has 1 saturated heterocycles. The van der Waals surface area contributed by atoms with Gasteiger partial charge < -0.3 is 26.9 Å². The fourth-order valence-corrected chi connectivity index (χ4v) is 6.16. The first-order valence-corrected chi connectivity index (χ1v) is 13.2. The molecule has 1 saturated carbocycles. The lowest BCUT2D eigenvalue weighted by molar-refractivity contribution is 0.132. The Morgan fingerprint density at radius 3 is 2.29 bits per heavy atom. The van der Waals surface area contributed by atoms with Crippen LogP contribution in [0.15, 0.2) is 36.6 Å². The minimum Gasteiger partial charge on any atom is -0.388 e. The molecular weight excluding hydrogens is 430 g/mol. The van der Waals surface area contributed by atoms with Gasteiger partial charge in [-0.15, -0.1) is 0 Å². The summed E-state index contributed by atoms with van der Waals surface area (Å²) in [5.74, 6) is 0.474. The first-order chi connectivity index (χ1) is 16.5. The summed E-state index contributed by atoms with van der Waals surface area (Å²) >= 11 is 0. The van der Waals surface area contributed by atoms with Gasteiger partial charge in [0, 0.05) is 46.4 Å². The van der Waals surface area contributed by atoms with Gasteiger partial charge in [0.1, 0.15) is 0 Å². The van der Waals surface area contributed by atoms with Crippen molar-refractivity contribution < 1.29 is 0 Å². The Morgan fingerprint density at radius 1 is 1.03 bits per heavy atom. The maximum Gasteiger partial charge on any atom is 0.0615 e. The van der Waals surface area contributed by atoms with Gasteiger partial charge in [-0.1, -0.05) is 37.5 Å². The molecule has 5 nitrogen and oxygen atoms in total. The average molecular weight is 476 g/mol. The molecule has 2 aliphatic rings. The van der Waals surface area contributed by atoms with E-state index in [9.17, 15) is 0 Å². The zero-order chi connectivity index (χ0) is 25.6. The zero-order valence-corrected chi connectivity index (χ0v) is 22.4. The topological polar surface area (TPSA) is 95.6 Å². The van der Waals surface area contributed by atoms with Crippen molar-refractivity contribution in [3.05, 3.63) is 53.2 Å². The molecule has 1 aromatic rings. The molecule has 190 valence electrons. The van der Waals surface area contributed by atoms with Gasteiger partial charge >= 0.3 is 0 Å². The van der Waals surface area contributed by atoms with Gasteiger partial charge in [-0.2, -0.15) is 0 Å². The highest BCUT2D eigenvalue weighted by molar-refractivity contribution is 6.12. The van der Waals surface area contributed by atoms with Crippen LogP contribution in [-0.4, -0.2) is 34.8 Å². The fraction of sp³-hybridized carbons (Fsp3) is 0.567. The van der Waals surface area contributed by atoms with Crippen LogP contribution < -0.4 is 10.6 Å². The summed E-state index contributed by atoms with van der Waals surface area (Å²) in [6.45, 7) is 11.0. The summed E-state index contributed by atoms with van der Waals surface area (Å²) in [7, 11) is 0. The van der Waals surface area contributed by atoms with Crippen LogP contribution in [0.3, 0.4) is 0 Å². The van der Waals surface area contributed by atoms with Crippen molar-refractivity contribution >= 4 is 23.2 Å². The third-order valence-electron chi connectivity index (χ3n) is 7.32. The Morgan fingerprint density at radius 2 is 1.69 bits per heavy atom. The quantitative estimate of drug-likeness (QED) is 0.254. The molecule has 0 spiro atoms. The smallest absolute Gasteiger partial charge is 0.0615 e. The van der Waals surface area contributed by atoms with Crippen LogP contribution in [0.1, 0.15) is 95.8 Å². The molecule has 3 rings (SSSR count). The van der Waals surface area contributed by atoms with E-state index < -0.39 is 0 Å². The van der Waals surface area contributed by atoms with Crippen LogP contribution in [0.4, 0.5) is 0 Å². The minimum absolute atomic E-state index is 0.0810. The fourth-order valence-electron chi connectivity index (χ4n) is 6.16. The van der Waals surface area contributed by atoms with Gasteiger partial charge in [-0.3, -0.25) is 0 Å². The summed E-state index contributed by atoms with van der Waals surface area (Å²) in [5.41, 5.74) is 4.90. The lowest BCUT2D eigenvalue weighted by atomic mass is 9.74. The normalized spacial score (nSPS) is 21.1. The van der Waals surface area contributed by atoms with E-state index >= 15 is 0 Å². The predicted molar refractivity (Wildman–Crippen MR) is 150 cm³/mol. The molecule has 1 aromatic carbocycles. The lowest BCUT2D eigenvalue weighted by Crippen LogP contribution is -2.57. The maximum absolute atomic E-state index is 8.58. The van der Waals surface area contributed by atoms with E-state index in [4.69, 9.17) is 16.2 Å². The van der Waals surface area contributed by atoms with E-state index in [1.54, 1.807) is 12.2 Å². The maximum atomic E-state index is 8.58. The summed E-state index contributed by atoms with van der Waals surface area (Å²) in [5, 5.41) is 32.2. The molecule has 5 N–H and O–H groups in total. The number of nitrogens with one attached hydrogen (secondary N) is 5. The van der Waals surface area contributed by atoms with E-state index in [-0.39, 0.29) is 11.1 Å². The molecule has 0 amide bonds. The predicted octanol–water partition coefficient (Wildman–Crippen LogP) is 6.80. The third-order valence-corrected chi connectivity index (χ3v) is 7.32. The highest BCUT2D eigenvalue weighted by Gasteiger charge is 2.37. The van der Waals surface area contributed by atoms with Gasteiger partial charge in [-0.25, -0.2) is 0 Å². The minimum atomic E-state index is 0.0810. The van der Waals surface area contributed by atoms with Crippen LogP contribution in [0.25, 0.3) is 5.57 Å². The lowest BCUT2D eigenvalue weighted by Gasteiger charge is -2.46.